The lowest BCUT2D eigenvalue weighted by Crippen LogP contribution is -2.36. The summed E-state index contributed by atoms with van der Waals surface area (Å²) in [6.45, 7) is -0.403. The average Bonchev–Trinajstić information content (AvgIpc) is 3.16. The van der Waals surface area contributed by atoms with Crippen molar-refractivity contribution in [3.63, 3.8) is 0 Å². The fourth-order valence-electron chi connectivity index (χ4n) is 3.47. The molecule has 1 aliphatic rings. The average molecular weight is 523 g/mol. The predicted octanol–water partition coefficient (Wildman–Crippen LogP) is 5.10. The number of halogens is 1. The summed E-state index contributed by atoms with van der Waals surface area (Å²) in [5, 5.41) is 2.11. The van der Waals surface area contributed by atoms with Gasteiger partial charge in [0.25, 0.3) is 11.1 Å². The van der Waals surface area contributed by atoms with Crippen molar-refractivity contribution in [1.82, 2.24) is 4.90 Å². The molecule has 1 heterocycles. The molecule has 1 fully saturated rings. The lowest BCUT2D eigenvalue weighted by molar-refractivity contribution is -0.127. The van der Waals surface area contributed by atoms with Crippen LogP contribution in [0, 0.1) is 5.82 Å². The molecule has 0 saturated carbocycles. The van der Waals surface area contributed by atoms with Crippen molar-refractivity contribution in [2.75, 3.05) is 26.1 Å². The van der Waals surface area contributed by atoms with Crippen LogP contribution in [-0.4, -0.2) is 42.7 Å². The fraction of sp³-hybridized carbons (Fsp3) is 0.148. The molecule has 3 aromatic carbocycles. The van der Waals surface area contributed by atoms with Crippen LogP contribution in [-0.2, 0) is 16.2 Å². The molecule has 0 aliphatic carbocycles. The number of amides is 3. The lowest BCUT2D eigenvalue weighted by atomic mass is 10.1. The van der Waals surface area contributed by atoms with Crippen LogP contribution < -0.4 is 19.5 Å². The van der Waals surface area contributed by atoms with Gasteiger partial charge in [-0.05, 0) is 65.9 Å². The molecule has 0 radical (unpaired) electrons. The van der Waals surface area contributed by atoms with Gasteiger partial charge in [0, 0.05) is 11.3 Å². The van der Waals surface area contributed by atoms with E-state index in [1.807, 2.05) is 0 Å². The van der Waals surface area contributed by atoms with E-state index in [-0.39, 0.29) is 17.3 Å². The van der Waals surface area contributed by atoms with Gasteiger partial charge in [-0.1, -0.05) is 24.3 Å². The van der Waals surface area contributed by atoms with Gasteiger partial charge in [0.2, 0.25) is 5.91 Å². The minimum Gasteiger partial charge on any atom is -0.497 e. The summed E-state index contributed by atoms with van der Waals surface area (Å²) >= 11 is 0.745. The van der Waals surface area contributed by atoms with Crippen molar-refractivity contribution in [3.05, 3.63) is 88.6 Å². The highest BCUT2D eigenvalue weighted by Crippen LogP contribution is 2.35. The maximum absolute atomic E-state index is 13.9. The molecule has 37 heavy (non-hydrogen) atoms. The van der Waals surface area contributed by atoms with Gasteiger partial charge in [-0.25, -0.2) is 4.39 Å². The molecule has 3 aromatic rings. The second kappa shape index (κ2) is 11.6. The summed E-state index contributed by atoms with van der Waals surface area (Å²) in [6, 6.07) is 17.9. The topological polar surface area (TPSA) is 94.2 Å². The van der Waals surface area contributed by atoms with Gasteiger partial charge in [-0.2, -0.15) is 0 Å². The number of rotatable bonds is 9. The molecule has 3 amide bonds. The highest BCUT2D eigenvalue weighted by Gasteiger charge is 2.36. The third-order valence-corrected chi connectivity index (χ3v) is 6.28. The van der Waals surface area contributed by atoms with E-state index >= 15 is 0 Å². The molecule has 1 saturated heterocycles. The molecule has 4 rings (SSSR count). The second-order valence-electron chi connectivity index (χ2n) is 7.83. The number of ether oxygens (including phenoxy) is 3. The molecule has 1 N–H and O–H groups in total. The number of methoxy groups -OCH3 is 2. The van der Waals surface area contributed by atoms with Gasteiger partial charge in [0.1, 0.15) is 24.7 Å². The van der Waals surface area contributed by atoms with E-state index in [1.165, 1.54) is 26.4 Å². The smallest absolute Gasteiger partial charge is 0.294 e. The number of carbonyl (C=O) groups is 3. The van der Waals surface area contributed by atoms with Crippen LogP contribution in [0.5, 0.6) is 17.2 Å². The maximum Gasteiger partial charge on any atom is 0.294 e. The van der Waals surface area contributed by atoms with Crippen molar-refractivity contribution in [2.24, 2.45) is 0 Å². The Morgan fingerprint density at radius 3 is 2.46 bits per heavy atom. The molecule has 0 aromatic heterocycles. The predicted molar refractivity (Wildman–Crippen MR) is 138 cm³/mol. The Balaban J connectivity index is 1.41. The van der Waals surface area contributed by atoms with Crippen LogP contribution in [0.2, 0.25) is 0 Å². The van der Waals surface area contributed by atoms with Gasteiger partial charge in [0.05, 0.1) is 19.1 Å². The van der Waals surface area contributed by atoms with Gasteiger partial charge in [-0.15, -0.1) is 0 Å². The summed E-state index contributed by atoms with van der Waals surface area (Å²) in [5.41, 5.74) is 1.50. The Morgan fingerprint density at radius 1 is 1.00 bits per heavy atom. The Labute approximate surface area is 217 Å². The van der Waals surface area contributed by atoms with Crippen LogP contribution >= 0.6 is 11.8 Å². The van der Waals surface area contributed by atoms with Crippen LogP contribution in [0.1, 0.15) is 11.1 Å². The number of imide groups is 1. The summed E-state index contributed by atoms with van der Waals surface area (Å²) < 4.78 is 30.0. The zero-order chi connectivity index (χ0) is 26.4. The molecule has 0 spiro atoms. The first-order valence-electron chi connectivity index (χ1n) is 11.1. The zero-order valence-corrected chi connectivity index (χ0v) is 20.8. The van der Waals surface area contributed by atoms with Crippen LogP contribution in [0.4, 0.5) is 14.9 Å². The number of anilines is 1. The van der Waals surface area contributed by atoms with E-state index in [9.17, 15) is 18.8 Å². The van der Waals surface area contributed by atoms with Crippen molar-refractivity contribution in [3.8, 4) is 17.2 Å². The zero-order valence-electron chi connectivity index (χ0n) is 20.0. The van der Waals surface area contributed by atoms with E-state index in [4.69, 9.17) is 14.2 Å². The van der Waals surface area contributed by atoms with Gasteiger partial charge in [0.15, 0.2) is 11.5 Å². The lowest BCUT2D eigenvalue weighted by Gasteiger charge is -2.13. The number of nitrogens with one attached hydrogen (secondary N) is 1. The number of thioether (sulfide) groups is 1. The van der Waals surface area contributed by atoms with Gasteiger partial charge >= 0.3 is 0 Å². The Morgan fingerprint density at radius 2 is 1.76 bits per heavy atom. The Kier molecular flexibility index (Phi) is 8.09. The number of hydrogen-bond donors (Lipinski definition) is 1. The first-order valence-corrected chi connectivity index (χ1v) is 11.9. The molecular weight excluding hydrogens is 499 g/mol. The first kappa shape index (κ1) is 25.8. The second-order valence-corrected chi connectivity index (χ2v) is 8.83. The van der Waals surface area contributed by atoms with Gasteiger partial charge < -0.3 is 19.5 Å². The van der Waals surface area contributed by atoms with E-state index in [0.29, 0.717) is 34.1 Å². The van der Waals surface area contributed by atoms with E-state index in [2.05, 4.69) is 5.32 Å². The monoisotopic (exact) mass is 522 g/mol. The molecule has 10 heteroatoms. The van der Waals surface area contributed by atoms with Gasteiger partial charge in [-0.3, -0.25) is 19.3 Å². The first-order chi connectivity index (χ1) is 17.9. The quantitative estimate of drug-likeness (QED) is 0.391. The summed E-state index contributed by atoms with van der Waals surface area (Å²) in [4.78, 5) is 38.7. The number of carbonyl (C=O) groups excluding carboxylic acids is 3. The van der Waals surface area contributed by atoms with Crippen molar-refractivity contribution >= 4 is 40.6 Å². The van der Waals surface area contributed by atoms with Crippen molar-refractivity contribution < 1.29 is 33.0 Å². The minimum atomic E-state index is -0.571. The molecule has 0 unspecified atom stereocenters. The Hall–Kier alpha value is -4.31. The number of nitrogens with zero attached hydrogens (tertiary/aromatic N) is 1. The number of benzene rings is 3. The fourth-order valence-corrected chi connectivity index (χ4v) is 4.31. The molecule has 0 atom stereocenters. The standard InChI is InChI=1S/C27H23FN2O6S/c1-34-20-10-8-19(9-11-20)29-25(31)15-30-26(32)24(37-27(30)33)14-17-7-12-22(23(13-17)35-2)36-16-18-5-3-4-6-21(18)28/h3-14H,15-16H2,1-2H3,(H,29,31)/b24-14+. The molecular formula is C27H23FN2O6S. The highest BCUT2D eigenvalue weighted by molar-refractivity contribution is 8.18. The van der Waals surface area contributed by atoms with Crippen LogP contribution in [0.25, 0.3) is 6.08 Å². The molecule has 8 nitrogen and oxygen atoms in total. The summed E-state index contributed by atoms with van der Waals surface area (Å²) in [7, 11) is 3.00. The van der Waals surface area contributed by atoms with Crippen LogP contribution in [0.3, 0.4) is 0 Å². The molecule has 1 aliphatic heterocycles. The normalized spacial score (nSPS) is 14.1. The van der Waals surface area contributed by atoms with Crippen LogP contribution in [0.15, 0.2) is 71.6 Å². The van der Waals surface area contributed by atoms with E-state index in [1.54, 1.807) is 60.7 Å². The largest absolute Gasteiger partial charge is 0.497 e. The maximum atomic E-state index is 13.9. The summed E-state index contributed by atoms with van der Waals surface area (Å²) in [6.07, 6.45) is 1.54. The third-order valence-electron chi connectivity index (χ3n) is 5.38. The number of hydrogen-bond acceptors (Lipinski definition) is 7. The SMILES string of the molecule is COc1ccc(NC(=O)CN2C(=O)S/C(=C/c3ccc(OCc4ccccc4F)c(OC)c3)C2=O)cc1. The summed E-state index contributed by atoms with van der Waals surface area (Å²) in [5.74, 6) is -0.0400. The van der Waals surface area contributed by atoms with Crippen molar-refractivity contribution in [2.45, 2.75) is 6.61 Å². The molecule has 190 valence electrons. The molecule has 0 bridgehead atoms. The van der Waals surface area contributed by atoms with E-state index in [0.717, 1.165) is 16.7 Å². The minimum absolute atomic E-state index is 0.0137. The third kappa shape index (κ3) is 6.28. The Bertz CT molecular complexity index is 1360. The van der Waals surface area contributed by atoms with Crippen molar-refractivity contribution in [1.29, 1.82) is 0 Å². The highest BCUT2D eigenvalue weighted by atomic mass is 32.2. The van der Waals surface area contributed by atoms with E-state index < -0.39 is 23.6 Å².